The molecule has 4 atom stereocenters. The van der Waals surface area contributed by atoms with Crippen molar-refractivity contribution in [2.24, 2.45) is 5.14 Å². The van der Waals surface area contributed by atoms with Gasteiger partial charge in [0, 0.05) is 0 Å². The van der Waals surface area contributed by atoms with Gasteiger partial charge < -0.3 is 14.9 Å². The van der Waals surface area contributed by atoms with Crippen molar-refractivity contribution in [1.29, 1.82) is 0 Å². The molecule has 30 heavy (non-hydrogen) atoms. The fraction of sp³-hybridized carbons (Fsp3) is 0.278. The molecule has 3 heterocycles. The van der Waals surface area contributed by atoms with Crippen LogP contribution in [0.2, 0.25) is 0 Å². The van der Waals surface area contributed by atoms with E-state index in [1.807, 2.05) is 36.4 Å². The molecular weight excluding hydrogens is 414 g/mol. The Morgan fingerprint density at radius 3 is 2.63 bits per heavy atom. The van der Waals surface area contributed by atoms with Gasteiger partial charge in [0.05, 0.1) is 18.6 Å². The average Bonchev–Trinajstić information content (AvgIpc) is 3.27. The lowest BCUT2D eigenvalue weighted by atomic mass is 10.1. The molecule has 1 aliphatic rings. The maximum absolute atomic E-state index is 11.0. The van der Waals surface area contributed by atoms with Gasteiger partial charge in [-0.1, -0.05) is 36.4 Å². The Bertz CT molecular complexity index is 1170. The number of benzene rings is 1. The Kier molecular flexibility index (Phi) is 5.60. The summed E-state index contributed by atoms with van der Waals surface area (Å²) < 4.78 is 33.5. The number of rotatable bonds is 6. The van der Waals surface area contributed by atoms with Gasteiger partial charge in [0.15, 0.2) is 11.9 Å². The second-order valence-electron chi connectivity index (χ2n) is 6.65. The van der Waals surface area contributed by atoms with Crippen molar-refractivity contribution in [2.45, 2.75) is 24.5 Å². The van der Waals surface area contributed by atoms with Crippen LogP contribution in [0.15, 0.2) is 43.0 Å². The van der Waals surface area contributed by atoms with E-state index in [4.69, 9.17) is 9.88 Å². The fourth-order valence-corrected chi connectivity index (χ4v) is 3.50. The monoisotopic (exact) mass is 433 g/mol. The van der Waals surface area contributed by atoms with E-state index in [0.29, 0.717) is 16.9 Å². The van der Waals surface area contributed by atoms with Crippen LogP contribution < -0.4 is 5.14 Å². The van der Waals surface area contributed by atoms with Gasteiger partial charge in [0.25, 0.3) is 0 Å². The summed E-state index contributed by atoms with van der Waals surface area (Å²) in [7, 11) is -4.21. The molecule has 1 fully saturated rings. The predicted molar refractivity (Wildman–Crippen MR) is 106 cm³/mol. The number of aliphatic hydroxyl groups excluding tert-OH is 2. The van der Waals surface area contributed by atoms with Crippen molar-refractivity contribution >= 4 is 33.6 Å². The highest BCUT2D eigenvalue weighted by atomic mass is 32.2. The second kappa shape index (κ2) is 8.18. The summed E-state index contributed by atoms with van der Waals surface area (Å²) in [6.45, 7) is -0.541. The van der Waals surface area contributed by atoms with Gasteiger partial charge in [0.1, 0.15) is 30.2 Å². The Hall–Kier alpha value is -2.74. The SMILES string of the molecule is NS(=O)(=O)OC[C@H]1O[C@@H](n2cnc3c(/C=C/c4ccccc4)ncnc32)[C@H](O)[C@@H]1O. The molecule has 1 aliphatic heterocycles. The zero-order valence-electron chi connectivity index (χ0n) is 15.5. The van der Waals surface area contributed by atoms with E-state index in [2.05, 4.69) is 19.1 Å². The lowest BCUT2D eigenvalue weighted by Crippen LogP contribution is -2.35. The third kappa shape index (κ3) is 4.23. The first-order valence-electron chi connectivity index (χ1n) is 8.93. The van der Waals surface area contributed by atoms with Crippen LogP contribution in [-0.2, 0) is 19.2 Å². The van der Waals surface area contributed by atoms with E-state index in [1.54, 1.807) is 6.08 Å². The Labute approximate surface area is 171 Å². The van der Waals surface area contributed by atoms with Crippen LogP contribution in [0.3, 0.4) is 0 Å². The number of imidazole rings is 1. The second-order valence-corrected chi connectivity index (χ2v) is 7.87. The average molecular weight is 433 g/mol. The highest BCUT2D eigenvalue weighted by Crippen LogP contribution is 2.32. The molecule has 1 saturated heterocycles. The van der Waals surface area contributed by atoms with Crippen LogP contribution >= 0.6 is 0 Å². The summed E-state index contributed by atoms with van der Waals surface area (Å²) in [5.41, 5.74) is 2.39. The van der Waals surface area contributed by atoms with E-state index >= 15 is 0 Å². The third-order valence-electron chi connectivity index (χ3n) is 4.63. The molecule has 3 aromatic rings. The standard InChI is InChI=1S/C18H19N5O6S/c19-30(26,27)28-8-13-15(24)16(25)18(29-13)23-10-22-14-12(20-9-21-17(14)23)7-6-11-4-2-1-3-5-11/h1-7,9-10,13,15-16,18,24-25H,8H2,(H2,19,26,27)/b7-6+/t13-,15-,16-,18-/m1/s1. The van der Waals surface area contributed by atoms with Gasteiger partial charge in [-0.2, -0.15) is 8.42 Å². The third-order valence-corrected chi connectivity index (χ3v) is 5.09. The first-order chi connectivity index (χ1) is 14.3. The Morgan fingerprint density at radius 2 is 1.90 bits per heavy atom. The van der Waals surface area contributed by atoms with Crippen molar-refractivity contribution in [3.63, 3.8) is 0 Å². The van der Waals surface area contributed by atoms with Crippen LogP contribution in [0.1, 0.15) is 17.5 Å². The molecular formula is C18H19N5O6S. The number of hydrogen-bond donors (Lipinski definition) is 3. The van der Waals surface area contributed by atoms with Crippen molar-refractivity contribution in [3.8, 4) is 0 Å². The summed E-state index contributed by atoms with van der Waals surface area (Å²) in [4.78, 5) is 12.8. The summed E-state index contributed by atoms with van der Waals surface area (Å²) in [6.07, 6.45) is 1.50. The number of nitrogens with two attached hydrogens (primary N) is 1. The molecule has 0 amide bonds. The molecule has 11 nitrogen and oxygen atoms in total. The van der Waals surface area contributed by atoms with E-state index in [-0.39, 0.29) is 0 Å². The van der Waals surface area contributed by atoms with E-state index in [1.165, 1.54) is 17.2 Å². The summed E-state index contributed by atoms with van der Waals surface area (Å²) >= 11 is 0. The molecule has 0 bridgehead atoms. The van der Waals surface area contributed by atoms with Gasteiger partial charge in [0.2, 0.25) is 0 Å². The van der Waals surface area contributed by atoms with Gasteiger partial charge in [-0.25, -0.2) is 20.1 Å². The maximum Gasteiger partial charge on any atom is 0.333 e. The van der Waals surface area contributed by atoms with Gasteiger partial charge in [-0.05, 0) is 11.6 Å². The smallest absolute Gasteiger partial charge is 0.333 e. The number of nitrogens with zero attached hydrogens (tertiary/aromatic N) is 4. The van der Waals surface area contributed by atoms with Gasteiger partial charge >= 0.3 is 10.3 Å². The number of hydrogen-bond acceptors (Lipinski definition) is 9. The topological polar surface area (TPSA) is 163 Å². The normalized spacial score (nSPS) is 24.8. The number of ether oxygens (including phenoxy) is 1. The first-order valence-corrected chi connectivity index (χ1v) is 10.4. The van der Waals surface area contributed by atoms with Crippen molar-refractivity contribution in [3.05, 3.63) is 54.2 Å². The Morgan fingerprint density at radius 1 is 1.13 bits per heavy atom. The van der Waals surface area contributed by atoms with Gasteiger partial charge in [-0.15, -0.1) is 0 Å². The largest absolute Gasteiger partial charge is 0.387 e. The zero-order chi connectivity index (χ0) is 21.3. The van der Waals surface area contributed by atoms with Crippen molar-refractivity contribution in [1.82, 2.24) is 19.5 Å². The molecule has 158 valence electrons. The highest BCUT2D eigenvalue weighted by molar-refractivity contribution is 7.84. The van der Waals surface area contributed by atoms with Crippen molar-refractivity contribution in [2.75, 3.05) is 6.61 Å². The molecule has 12 heteroatoms. The fourth-order valence-electron chi connectivity index (χ4n) is 3.18. The lowest BCUT2D eigenvalue weighted by Gasteiger charge is -2.16. The molecule has 0 spiro atoms. The predicted octanol–water partition coefficient (Wildman–Crippen LogP) is -0.164. The quantitative estimate of drug-likeness (QED) is 0.479. The summed E-state index contributed by atoms with van der Waals surface area (Å²) in [5, 5.41) is 25.4. The van der Waals surface area contributed by atoms with Crippen LogP contribution in [0.5, 0.6) is 0 Å². The molecule has 0 aliphatic carbocycles. The Balaban J connectivity index is 1.60. The molecule has 0 radical (unpaired) electrons. The minimum Gasteiger partial charge on any atom is -0.387 e. The summed E-state index contributed by atoms with van der Waals surface area (Å²) in [6, 6.07) is 9.65. The van der Waals surface area contributed by atoms with Gasteiger partial charge in [-0.3, -0.25) is 8.75 Å². The maximum atomic E-state index is 11.0. The number of aliphatic hydroxyl groups is 2. The minimum absolute atomic E-state index is 0.377. The summed E-state index contributed by atoms with van der Waals surface area (Å²) in [5.74, 6) is 0. The van der Waals surface area contributed by atoms with E-state index in [0.717, 1.165) is 5.56 Å². The van der Waals surface area contributed by atoms with Crippen LogP contribution in [0, 0.1) is 0 Å². The lowest BCUT2D eigenvalue weighted by molar-refractivity contribution is -0.0467. The minimum atomic E-state index is -4.21. The highest BCUT2D eigenvalue weighted by Gasteiger charge is 2.44. The first kappa shape index (κ1) is 20.5. The number of aromatic nitrogens is 4. The van der Waals surface area contributed by atoms with Crippen LogP contribution in [0.4, 0.5) is 0 Å². The number of fused-ring (bicyclic) bond motifs is 1. The van der Waals surface area contributed by atoms with Crippen LogP contribution in [0.25, 0.3) is 23.3 Å². The molecule has 4 rings (SSSR count). The molecule has 2 aromatic heterocycles. The van der Waals surface area contributed by atoms with Crippen molar-refractivity contribution < 1.29 is 27.6 Å². The molecule has 0 saturated carbocycles. The van der Waals surface area contributed by atoms with Crippen LogP contribution in [-0.4, -0.2) is 63.1 Å². The molecule has 4 N–H and O–H groups in total. The molecule has 0 unspecified atom stereocenters. The van der Waals surface area contributed by atoms with E-state index < -0.39 is 41.5 Å². The molecule has 1 aromatic carbocycles. The zero-order valence-corrected chi connectivity index (χ0v) is 16.3. The van der Waals surface area contributed by atoms with E-state index in [9.17, 15) is 18.6 Å².